The van der Waals surface area contributed by atoms with Crippen molar-refractivity contribution in [3.05, 3.63) is 35.2 Å². The molecule has 0 fully saturated rings. The molecule has 0 N–H and O–H groups in total. The minimum Gasteiger partial charge on any atom is -0.494 e. The summed E-state index contributed by atoms with van der Waals surface area (Å²) in [4.78, 5) is 11.3. The maximum atomic E-state index is 13.4. The molecule has 0 radical (unpaired) electrons. The highest BCUT2D eigenvalue weighted by atomic mass is 19.1. The van der Waals surface area contributed by atoms with Crippen LogP contribution in [0.3, 0.4) is 0 Å². The zero-order chi connectivity index (χ0) is 12.8. The van der Waals surface area contributed by atoms with E-state index in [1.165, 1.54) is 19.2 Å². The van der Waals surface area contributed by atoms with Gasteiger partial charge in [-0.25, -0.2) is 9.18 Å². The molecule has 0 saturated heterocycles. The zero-order valence-corrected chi connectivity index (χ0v) is 10.1. The van der Waals surface area contributed by atoms with Gasteiger partial charge in [0.15, 0.2) is 11.6 Å². The topological polar surface area (TPSA) is 35.5 Å². The van der Waals surface area contributed by atoms with E-state index >= 15 is 0 Å². The number of carbonyl (C=O) groups is 1. The summed E-state index contributed by atoms with van der Waals surface area (Å²) in [6.07, 6.45) is 1.57. The maximum Gasteiger partial charge on any atom is 0.333 e. The average molecular weight is 238 g/mol. The van der Waals surface area contributed by atoms with E-state index in [0.29, 0.717) is 17.7 Å². The van der Waals surface area contributed by atoms with E-state index in [1.807, 2.05) is 0 Å². The fourth-order valence-corrected chi connectivity index (χ4v) is 1.33. The van der Waals surface area contributed by atoms with Gasteiger partial charge in [-0.3, -0.25) is 0 Å². The van der Waals surface area contributed by atoms with Gasteiger partial charge in [0, 0.05) is 5.57 Å². The lowest BCUT2D eigenvalue weighted by Crippen LogP contribution is -2.04. The van der Waals surface area contributed by atoms with Crippen molar-refractivity contribution >= 4 is 12.0 Å². The molecule has 0 aliphatic carbocycles. The Morgan fingerprint density at radius 2 is 2.18 bits per heavy atom. The molecule has 0 aliphatic rings. The molecule has 0 spiro atoms. The Balaban J connectivity index is 2.91. The van der Waals surface area contributed by atoms with Gasteiger partial charge in [-0.15, -0.1) is 0 Å². The Morgan fingerprint density at radius 3 is 2.71 bits per heavy atom. The summed E-state index contributed by atoms with van der Waals surface area (Å²) in [5, 5.41) is 0. The second kappa shape index (κ2) is 6.03. The number of halogens is 1. The van der Waals surface area contributed by atoms with Crippen molar-refractivity contribution in [3.8, 4) is 5.75 Å². The summed E-state index contributed by atoms with van der Waals surface area (Å²) in [6.45, 7) is 3.68. The smallest absolute Gasteiger partial charge is 0.333 e. The fourth-order valence-electron chi connectivity index (χ4n) is 1.33. The summed E-state index contributed by atoms with van der Waals surface area (Å²) in [6, 6.07) is 4.49. The molecule has 0 atom stereocenters. The molecule has 1 aromatic rings. The highest BCUT2D eigenvalue weighted by Crippen LogP contribution is 2.19. The Kier molecular flexibility index (Phi) is 4.69. The predicted molar refractivity (Wildman–Crippen MR) is 63.2 cm³/mol. The molecule has 0 aliphatic heterocycles. The summed E-state index contributed by atoms with van der Waals surface area (Å²) in [5.74, 6) is -0.683. The Bertz CT molecular complexity index is 438. The summed E-state index contributed by atoms with van der Waals surface area (Å²) in [7, 11) is 1.40. The number of rotatable bonds is 4. The van der Waals surface area contributed by atoms with Crippen LogP contribution in [0.25, 0.3) is 6.08 Å². The van der Waals surface area contributed by atoms with Gasteiger partial charge in [-0.1, -0.05) is 6.07 Å². The van der Waals surface area contributed by atoms with Crippen molar-refractivity contribution in [2.24, 2.45) is 0 Å². The first-order valence-corrected chi connectivity index (χ1v) is 5.27. The molecule has 0 unspecified atom stereocenters. The molecule has 17 heavy (non-hydrogen) atoms. The Morgan fingerprint density at radius 1 is 1.47 bits per heavy atom. The fraction of sp³-hybridized carbons (Fsp3) is 0.308. The van der Waals surface area contributed by atoms with Gasteiger partial charge in [-0.05, 0) is 37.6 Å². The van der Waals surface area contributed by atoms with Crippen LogP contribution in [0.2, 0.25) is 0 Å². The lowest BCUT2D eigenvalue weighted by atomic mass is 10.1. The largest absolute Gasteiger partial charge is 0.494 e. The van der Waals surface area contributed by atoms with Crippen LogP contribution < -0.4 is 4.74 Å². The van der Waals surface area contributed by atoms with Gasteiger partial charge in [0.2, 0.25) is 0 Å². The third-order valence-electron chi connectivity index (χ3n) is 2.16. The first kappa shape index (κ1) is 13.2. The average Bonchev–Trinajstić information content (AvgIpc) is 2.29. The van der Waals surface area contributed by atoms with Crippen LogP contribution in [0.1, 0.15) is 19.4 Å². The molecule has 1 rings (SSSR count). The monoisotopic (exact) mass is 238 g/mol. The number of carbonyl (C=O) groups excluding carboxylic acids is 1. The molecule has 3 nitrogen and oxygen atoms in total. The highest BCUT2D eigenvalue weighted by molar-refractivity contribution is 5.92. The summed E-state index contributed by atoms with van der Waals surface area (Å²) < 4.78 is 23.0. The van der Waals surface area contributed by atoms with E-state index in [2.05, 4.69) is 0 Å². The van der Waals surface area contributed by atoms with Crippen LogP contribution in [0.15, 0.2) is 23.8 Å². The molecule has 92 valence electrons. The van der Waals surface area contributed by atoms with Crippen LogP contribution in [0.4, 0.5) is 4.39 Å². The molecule has 0 aromatic heterocycles. The standard InChI is InChI=1S/C13H15FO3/c1-4-17-13(15)9(2)7-10-5-6-12(16-3)11(14)8-10/h5-8H,4H2,1-3H3/b9-7-. The first-order valence-electron chi connectivity index (χ1n) is 5.27. The first-order chi connectivity index (χ1) is 8.08. The minimum atomic E-state index is -0.460. The van der Waals surface area contributed by atoms with Gasteiger partial charge in [0.05, 0.1) is 13.7 Å². The number of esters is 1. The predicted octanol–water partition coefficient (Wildman–Crippen LogP) is 2.80. The molecule has 0 amide bonds. The molecular formula is C13H15FO3. The van der Waals surface area contributed by atoms with Gasteiger partial charge < -0.3 is 9.47 Å². The molecule has 4 heteroatoms. The van der Waals surface area contributed by atoms with Crippen molar-refractivity contribution in [3.63, 3.8) is 0 Å². The van der Waals surface area contributed by atoms with E-state index in [1.54, 1.807) is 26.0 Å². The lowest BCUT2D eigenvalue weighted by Gasteiger charge is -2.04. The van der Waals surface area contributed by atoms with Crippen molar-refractivity contribution < 1.29 is 18.7 Å². The van der Waals surface area contributed by atoms with Crippen molar-refractivity contribution in [1.29, 1.82) is 0 Å². The highest BCUT2D eigenvalue weighted by Gasteiger charge is 2.06. The minimum absolute atomic E-state index is 0.177. The molecule has 0 bridgehead atoms. The summed E-state index contributed by atoms with van der Waals surface area (Å²) >= 11 is 0. The van der Waals surface area contributed by atoms with E-state index in [0.717, 1.165) is 0 Å². The van der Waals surface area contributed by atoms with E-state index in [-0.39, 0.29) is 5.75 Å². The van der Waals surface area contributed by atoms with E-state index < -0.39 is 11.8 Å². The molecule has 1 aromatic carbocycles. The Hall–Kier alpha value is -1.84. The lowest BCUT2D eigenvalue weighted by molar-refractivity contribution is -0.138. The number of methoxy groups -OCH3 is 1. The van der Waals surface area contributed by atoms with Crippen molar-refractivity contribution in [2.75, 3.05) is 13.7 Å². The van der Waals surface area contributed by atoms with Crippen LogP contribution in [-0.4, -0.2) is 19.7 Å². The molecule has 0 saturated carbocycles. The van der Waals surface area contributed by atoms with Gasteiger partial charge in [0.25, 0.3) is 0 Å². The van der Waals surface area contributed by atoms with Crippen LogP contribution in [0, 0.1) is 5.82 Å². The second-order valence-electron chi connectivity index (χ2n) is 3.44. The van der Waals surface area contributed by atoms with Gasteiger partial charge >= 0.3 is 5.97 Å². The Labute approximate surface area is 99.9 Å². The molecule has 0 heterocycles. The van der Waals surface area contributed by atoms with Gasteiger partial charge in [-0.2, -0.15) is 0 Å². The van der Waals surface area contributed by atoms with E-state index in [4.69, 9.17) is 9.47 Å². The second-order valence-corrected chi connectivity index (χ2v) is 3.44. The van der Waals surface area contributed by atoms with Crippen LogP contribution in [0.5, 0.6) is 5.75 Å². The van der Waals surface area contributed by atoms with Gasteiger partial charge in [0.1, 0.15) is 0 Å². The van der Waals surface area contributed by atoms with Crippen LogP contribution in [-0.2, 0) is 9.53 Å². The summed E-state index contributed by atoms with van der Waals surface area (Å²) in [5.41, 5.74) is 1.02. The number of benzene rings is 1. The normalized spacial score (nSPS) is 11.2. The third-order valence-corrected chi connectivity index (χ3v) is 2.16. The number of hydrogen-bond acceptors (Lipinski definition) is 3. The third kappa shape index (κ3) is 3.59. The maximum absolute atomic E-state index is 13.4. The van der Waals surface area contributed by atoms with Crippen LogP contribution >= 0.6 is 0 Å². The van der Waals surface area contributed by atoms with E-state index in [9.17, 15) is 9.18 Å². The SMILES string of the molecule is CCOC(=O)/C(C)=C\c1ccc(OC)c(F)c1. The zero-order valence-electron chi connectivity index (χ0n) is 10.1. The number of ether oxygens (including phenoxy) is 2. The van der Waals surface area contributed by atoms with Crippen molar-refractivity contribution in [2.45, 2.75) is 13.8 Å². The molecular weight excluding hydrogens is 223 g/mol. The number of hydrogen-bond donors (Lipinski definition) is 0. The quantitative estimate of drug-likeness (QED) is 0.597. The van der Waals surface area contributed by atoms with Crippen molar-refractivity contribution in [1.82, 2.24) is 0 Å².